The third kappa shape index (κ3) is 4.18. The Hall–Kier alpha value is -1.14. The van der Waals surface area contributed by atoms with Gasteiger partial charge in [-0.3, -0.25) is 9.59 Å². The number of piperazine rings is 1. The number of carbonyl (C=O) groups excluding carboxylic acids is 2. The molecule has 2 amide bonds. The van der Waals surface area contributed by atoms with Crippen molar-refractivity contribution in [2.24, 2.45) is 0 Å². The van der Waals surface area contributed by atoms with Crippen molar-refractivity contribution in [1.29, 1.82) is 0 Å². The topological polar surface area (TPSA) is 61.9 Å². The van der Waals surface area contributed by atoms with Crippen molar-refractivity contribution in [3.63, 3.8) is 0 Å². The van der Waals surface area contributed by atoms with E-state index in [1.165, 1.54) is 0 Å². The minimum atomic E-state index is -0.723. The first-order valence-corrected chi connectivity index (χ1v) is 7.28. The summed E-state index contributed by atoms with van der Waals surface area (Å²) in [6, 6.07) is 0. The number of ether oxygens (including phenoxy) is 1. The van der Waals surface area contributed by atoms with E-state index in [-0.39, 0.29) is 18.4 Å². The van der Waals surface area contributed by atoms with Crippen LogP contribution in [-0.4, -0.2) is 74.1 Å². The molecular formula is C14H27N3O3. The lowest BCUT2D eigenvalue weighted by Gasteiger charge is -2.41. The van der Waals surface area contributed by atoms with Crippen LogP contribution < -0.4 is 5.32 Å². The molecular weight excluding hydrogens is 258 g/mol. The molecule has 0 aromatic carbocycles. The molecule has 0 bridgehead atoms. The van der Waals surface area contributed by atoms with Crippen molar-refractivity contribution in [2.45, 2.75) is 32.2 Å². The molecule has 1 fully saturated rings. The quantitative estimate of drug-likeness (QED) is 0.642. The molecule has 0 aromatic rings. The number of rotatable bonds is 8. The first kappa shape index (κ1) is 16.9. The van der Waals surface area contributed by atoms with Crippen LogP contribution in [0.5, 0.6) is 0 Å². The summed E-state index contributed by atoms with van der Waals surface area (Å²) in [5.74, 6) is -0.0695. The second kappa shape index (κ2) is 7.59. The third-order valence-electron chi connectivity index (χ3n) is 3.81. The van der Waals surface area contributed by atoms with Gasteiger partial charge >= 0.3 is 0 Å². The lowest BCUT2D eigenvalue weighted by Crippen LogP contribution is -2.66. The predicted octanol–water partition coefficient (Wildman–Crippen LogP) is 0.0818. The average Bonchev–Trinajstić information content (AvgIpc) is 2.41. The first-order valence-electron chi connectivity index (χ1n) is 7.28. The average molecular weight is 285 g/mol. The molecule has 0 unspecified atom stereocenters. The number of hydrogen-bond donors (Lipinski definition) is 1. The summed E-state index contributed by atoms with van der Waals surface area (Å²) in [5.41, 5.74) is -0.723. The minimum absolute atomic E-state index is 0.0123. The molecule has 6 nitrogen and oxygen atoms in total. The molecule has 1 N–H and O–H groups in total. The lowest BCUT2D eigenvalue weighted by molar-refractivity contribution is -0.151. The normalized spacial score (nSPS) is 18.6. The molecule has 1 saturated heterocycles. The number of carbonyl (C=O) groups is 2. The Labute approximate surface area is 121 Å². The third-order valence-corrected chi connectivity index (χ3v) is 3.81. The molecule has 1 rings (SSSR count). The van der Waals surface area contributed by atoms with Gasteiger partial charge in [0.1, 0.15) is 5.54 Å². The Morgan fingerprint density at radius 1 is 1.25 bits per heavy atom. The molecule has 0 atom stereocenters. The smallest absolute Gasteiger partial charge is 0.248 e. The SMILES string of the molecule is CCC1(CC)NC(=O)CN(CCOCCN(C)C)C1=O. The zero-order chi connectivity index (χ0) is 15.2. The molecule has 1 aliphatic rings. The fraction of sp³-hybridized carbons (Fsp3) is 0.857. The molecule has 0 aromatic heterocycles. The van der Waals surface area contributed by atoms with Crippen molar-refractivity contribution in [3.8, 4) is 0 Å². The fourth-order valence-electron chi connectivity index (χ4n) is 2.34. The van der Waals surface area contributed by atoms with Gasteiger partial charge in [-0.05, 0) is 26.9 Å². The van der Waals surface area contributed by atoms with Gasteiger partial charge in [-0.2, -0.15) is 0 Å². The van der Waals surface area contributed by atoms with Crippen molar-refractivity contribution in [2.75, 3.05) is 46.9 Å². The summed E-state index contributed by atoms with van der Waals surface area (Å²) < 4.78 is 5.50. The number of hydrogen-bond acceptors (Lipinski definition) is 4. The van der Waals surface area contributed by atoms with Gasteiger partial charge in [0.2, 0.25) is 11.8 Å². The summed E-state index contributed by atoms with van der Waals surface area (Å²) in [7, 11) is 3.97. The number of nitrogens with one attached hydrogen (secondary N) is 1. The van der Waals surface area contributed by atoms with E-state index in [2.05, 4.69) is 5.32 Å². The Morgan fingerprint density at radius 2 is 1.90 bits per heavy atom. The number of nitrogens with zero attached hydrogens (tertiary/aromatic N) is 2. The van der Waals surface area contributed by atoms with E-state index in [0.29, 0.717) is 32.6 Å². The van der Waals surface area contributed by atoms with Crippen LogP contribution in [0.15, 0.2) is 0 Å². The molecule has 116 valence electrons. The largest absolute Gasteiger partial charge is 0.378 e. The van der Waals surface area contributed by atoms with Crippen LogP contribution in [0.25, 0.3) is 0 Å². The summed E-state index contributed by atoms with van der Waals surface area (Å²) in [5, 5.41) is 2.85. The van der Waals surface area contributed by atoms with Gasteiger partial charge in [0.05, 0.1) is 19.8 Å². The van der Waals surface area contributed by atoms with Crippen molar-refractivity contribution >= 4 is 11.8 Å². The number of amides is 2. The van der Waals surface area contributed by atoms with Crippen LogP contribution in [0.3, 0.4) is 0 Å². The van der Waals surface area contributed by atoms with E-state index in [9.17, 15) is 9.59 Å². The molecule has 20 heavy (non-hydrogen) atoms. The summed E-state index contributed by atoms with van der Waals surface area (Å²) in [4.78, 5) is 27.9. The van der Waals surface area contributed by atoms with Gasteiger partial charge in [0.15, 0.2) is 0 Å². The van der Waals surface area contributed by atoms with E-state index in [1.807, 2.05) is 32.8 Å². The van der Waals surface area contributed by atoms with Gasteiger partial charge in [-0.1, -0.05) is 13.8 Å². The van der Waals surface area contributed by atoms with Crippen LogP contribution in [-0.2, 0) is 14.3 Å². The summed E-state index contributed by atoms with van der Waals surface area (Å²) in [6.45, 7) is 6.42. The second-order valence-corrected chi connectivity index (χ2v) is 5.48. The molecule has 0 spiro atoms. The van der Waals surface area contributed by atoms with Gasteiger partial charge in [0.25, 0.3) is 0 Å². The standard InChI is InChI=1S/C14H27N3O3/c1-5-14(6-2)13(19)17(11-12(18)15-14)8-10-20-9-7-16(3)4/h5-11H2,1-4H3,(H,15,18). The van der Waals surface area contributed by atoms with E-state index in [4.69, 9.17) is 4.74 Å². The van der Waals surface area contributed by atoms with Gasteiger partial charge in [-0.15, -0.1) is 0 Å². The molecule has 0 aliphatic carbocycles. The fourth-order valence-corrected chi connectivity index (χ4v) is 2.34. The maximum Gasteiger partial charge on any atom is 0.248 e. The van der Waals surface area contributed by atoms with Gasteiger partial charge in [0, 0.05) is 13.1 Å². The maximum absolute atomic E-state index is 12.5. The van der Waals surface area contributed by atoms with Crippen molar-refractivity contribution in [3.05, 3.63) is 0 Å². The molecule has 0 radical (unpaired) electrons. The zero-order valence-electron chi connectivity index (χ0n) is 13.1. The molecule has 0 saturated carbocycles. The second-order valence-electron chi connectivity index (χ2n) is 5.48. The van der Waals surface area contributed by atoms with Gasteiger partial charge in [-0.25, -0.2) is 0 Å². The molecule has 1 heterocycles. The van der Waals surface area contributed by atoms with Crippen LogP contribution in [0.4, 0.5) is 0 Å². The molecule has 6 heteroatoms. The van der Waals surface area contributed by atoms with Crippen LogP contribution in [0, 0.1) is 0 Å². The maximum atomic E-state index is 12.5. The van der Waals surface area contributed by atoms with E-state index in [1.54, 1.807) is 4.90 Å². The highest BCUT2D eigenvalue weighted by Crippen LogP contribution is 2.21. The van der Waals surface area contributed by atoms with Crippen LogP contribution in [0.1, 0.15) is 26.7 Å². The Morgan fingerprint density at radius 3 is 2.45 bits per heavy atom. The first-order chi connectivity index (χ1) is 9.45. The number of likely N-dealkylation sites (N-methyl/N-ethyl adjacent to an activating group) is 1. The Kier molecular flexibility index (Phi) is 6.42. The van der Waals surface area contributed by atoms with Crippen LogP contribution >= 0.6 is 0 Å². The summed E-state index contributed by atoms with van der Waals surface area (Å²) in [6.07, 6.45) is 1.23. The van der Waals surface area contributed by atoms with Crippen LogP contribution in [0.2, 0.25) is 0 Å². The van der Waals surface area contributed by atoms with Crippen molar-refractivity contribution < 1.29 is 14.3 Å². The molecule has 1 aliphatic heterocycles. The Bertz CT molecular complexity index is 341. The lowest BCUT2D eigenvalue weighted by atomic mass is 9.89. The highest BCUT2D eigenvalue weighted by atomic mass is 16.5. The van der Waals surface area contributed by atoms with E-state index < -0.39 is 5.54 Å². The zero-order valence-corrected chi connectivity index (χ0v) is 13.1. The Balaban J connectivity index is 2.48. The summed E-state index contributed by atoms with van der Waals surface area (Å²) >= 11 is 0. The highest BCUT2D eigenvalue weighted by molar-refractivity contribution is 5.97. The van der Waals surface area contributed by atoms with Crippen molar-refractivity contribution in [1.82, 2.24) is 15.1 Å². The van der Waals surface area contributed by atoms with E-state index in [0.717, 1.165) is 6.54 Å². The predicted molar refractivity (Wildman–Crippen MR) is 77.4 cm³/mol. The highest BCUT2D eigenvalue weighted by Gasteiger charge is 2.43. The van der Waals surface area contributed by atoms with Gasteiger partial charge < -0.3 is 19.9 Å². The van der Waals surface area contributed by atoms with E-state index >= 15 is 0 Å². The monoisotopic (exact) mass is 285 g/mol. The minimum Gasteiger partial charge on any atom is -0.378 e.